The molecular weight excluding hydrogens is 320 g/mol. The Morgan fingerprint density at radius 1 is 0.958 bits per heavy atom. The van der Waals surface area contributed by atoms with Crippen LogP contribution in [-0.4, -0.2) is 18.5 Å². The van der Waals surface area contributed by atoms with Crippen LogP contribution in [0.15, 0.2) is 23.5 Å². The van der Waals surface area contributed by atoms with E-state index >= 15 is 0 Å². The van der Waals surface area contributed by atoms with Crippen LogP contribution in [0.25, 0.3) is 0 Å². The second-order valence-corrected chi connectivity index (χ2v) is 6.95. The van der Waals surface area contributed by atoms with Crippen LogP contribution in [-0.2, 0) is 4.74 Å². The topological polar surface area (TPSA) is 9.23 Å². The summed E-state index contributed by atoms with van der Waals surface area (Å²) in [6.07, 6.45) is 9.72. The molecule has 1 saturated carbocycles. The lowest BCUT2D eigenvalue weighted by Gasteiger charge is -2.38. The van der Waals surface area contributed by atoms with Crippen molar-refractivity contribution < 1.29 is 22.3 Å². The third-order valence-corrected chi connectivity index (χ3v) is 5.28. The van der Waals surface area contributed by atoms with Gasteiger partial charge in [-0.05, 0) is 50.5 Å². The fourth-order valence-electron chi connectivity index (χ4n) is 3.84. The van der Waals surface area contributed by atoms with E-state index < -0.39 is 29.1 Å². The SMILES string of the molecule is CCCCCC1CCC(C2=CC=C(OCC)C(F)(F)C2(F)F)CC1. The second kappa shape index (κ2) is 7.92. The number of allylic oxidation sites excluding steroid dienone is 4. The van der Waals surface area contributed by atoms with Crippen LogP contribution in [0, 0.1) is 11.8 Å². The van der Waals surface area contributed by atoms with Crippen molar-refractivity contribution in [2.75, 3.05) is 6.61 Å². The minimum atomic E-state index is -4.26. The Labute approximate surface area is 142 Å². The van der Waals surface area contributed by atoms with Crippen LogP contribution >= 0.6 is 0 Å². The number of hydrogen-bond donors (Lipinski definition) is 0. The summed E-state index contributed by atoms with van der Waals surface area (Å²) in [4.78, 5) is 0. The van der Waals surface area contributed by atoms with Gasteiger partial charge in [-0.3, -0.25) is 0 Å². The molecule has 2 aliphatic carbocycles. The lowest BCUT2D eigenvalue weighted by Crippen LogP contribution is -2.48. The molecule has 0 heterocycles. The van der Waals surface area contributed by atoms with Gasteiger partial charge in [-0.2, -0.15) is 17.6 Å². The molecule has 1 fully saturated rings. The summed E-state index contributed by atoms with van der Waals surface area (Å²) in [6.45, 7) is 3.61. The normalized spacial score (nSPS) is 28.9. The van der Waals surface area contributed by atoms with Gasteiger partial charge in [-0.1, -0.05) is 38.7 Å². The first-order chi connectivity index (χ1) is 11.3. The van der Waals surface area contributed by atoms with Gasteiger partial charge >= 0.3 is 11.8 Å². The van der Waals surface area contributed by atoms with E-state index in [0.29, 0.717) is 18.8 Å². The molecule has 0 bridgehead atoms. The maximum absolute atomic E-state index is 14.4. The minimum absolute atomic E-state index is 0.0520. The number of hydrogen-bond acceptors (Lipinski definition) is 1. The van der Waals surface area contributed by atoms with Crippen LogP contribution in [0.4, 0.5) is 17.6 Å². The van der Waals surface area contributed by atoms with Crippen molar-refractivity contribution in [3.63, 3.8) is 0 Å². The zero-order valence-corrected chi connectivity index (χ0v) is 14.6. The molecule has 0 aromatic carbocycles. The molecule has 138 valence electrons. The number of alkyl halides is 4. The largest absolute Gasteiger partial charge is 0.492 e. The number of rotatable bonds is 7. The van der Waals surface area contributed by atoms with Crippen LogP contribution in [0.5, 0.6) is 0 Å². The summed E-state index contributed by atoms with van der Waals surface area (Å²) < 4.78 is 61.8. The minimum Gasteiger partial charge on any atom is -0.492 e. The first-order valence-corrected chi connectivity index (χ1v) is 9.15. The van der Waals surface area contributed by atoms with Gasteiger partial charge in [0.25, 0.3) is 0 Å². The quantitative estimate of drug-likeness (QED) is 0.377. The molecule has 5 heteroatoms. The summed E-state index contributed by atoms with van der Waals surface area (Å²) in [5.41, 5.74) is -0.414. The molecule has 24 heavy (non-hydrogen) atoms. The molecule has 1 nitrogen and oxygen atoms in total. The third-order valence-electron chi connectivity index (χ3n) is 5.28. The van der Waals surface area contributed by atoms with E-state index in [0.717, 1.165) is 31.8 Å². The van der Waals surface area contributed by atoms with Crippen molar-refractivity contribution in [2.45, 2.75) is 77.1 Å². The molecule has 0 unspecified atom stereocenters. The lowest BCUT2D eigenvalue weighted by atomic mass is 9.73. The van der Waals surface area contributed by atoms with Crippen molar-refractivity contribution in [1.29, 1.82) is 0 Å². The average Bonchev–Trinajstić information content (AvgIpc) is 2.54. The van der Waals surface area contributed by atoms with Gasteiger partial charge < -0.3 is 4.74 Å². The molecule has 0 aromatic rings. The molecule has 0 aliphatic heterocycles. The summed E-state index contributed by atoms with van der Waals surface area (Å²) in [6, 6.07) is 0. The standard InChI is InChI=1S/C19H28F4O/c1-3-5-6-7-14-8-10-15(11-9-14)16-12-13-17(24-4-2)19(22,23)18(16,20)21/h12-15H,3-11H2,1-2H3. The van der Waals surface area contributed by atoms with E-state index in [-0.39, 0.29) is 6.61 Å². The highest BCUT2D eigenvalue weighted by molar-refractivity contribution is 5.36. The van der Waals surface area contributed by atoms with Gasteiger partial charge in [0.1, 0.15) is 0 Å². The fraction of sp³-hybridized carbons (Fsp3) is 0.789. The average molecular weight is 348 g/mol. The van der Waals surface area contributed by atoms with E-state index in [1.54, 1.807) is 0 Å². The van der Waals surface area contributed by atoms with Crippen LogP contribution in [0.1, 0.15) is 65.2 Å². The number of unbranched alkanes of at least 4 members (excludes halogenated alkanes) is 2. The zero-order chi connectivity index (χ0) is 17.8. The van der Waals surface area contributed by atoms with E-state index in [2.05, 4.69) is 6.92 Å². The van der Waals surface area contributed by atoms with Gasteiger partial charge in [-0.25, -0.2) is 0 Å². The molecule has 0 saturated heterocycles. The van der Waals surface area contributed by atoms with Gasteiger partial charge in [0, 0.05) is 5.57 Å². The number of halogens is 4. The van der Waals surface area contributed by atoms with Crippen molar-refractivity contribution in [1.82, 2.24) is 0 Å². The Morgan fingerprint density at radius 2 is 1.62 bits per heavy atom. The number of ether oxygens (including phenoxy) is 1. The monoisotopic (exact) mass is 348 g/mol. The van der Waals surface area contributed by atoms with Crippen molar-refractivity contribution >= 4 is 0 Å². The Morgan fingerprint density at radius 3 is 2.21 bits per heavy atom. The Balaban J connectivity index is 2.04. The van der Waals surface area contributed by atoms with Crippen molar-refractivity contribution in [3.8, 4) is 0 Å². The molecule has 0 N–H and O–H groups in total. The highest BCUT2D eigenvalue weighted by Crippen LogP contribution is 2.52. The smallest absolute Gasteiger partial charge is 0.369 e. The highest BCUT2D eigenvalue weighted by atomic mass is 19.3. The van der Waals surface area contributed by atoms with Gasteiger partial charge in [0.05, 0.1) is 6.61 Å². The molecule has 2 rings (SSSR count). The van der Waals surface area contributed by atoms with E-state index in [4.69, 9.17) is 4.74 Å². The molecule has 0 amide bonds. The Kier molecular flexibility index (Phi) is 6.38. The molecule has 0 radical (unpaired) electrons. The maximum Gasteiger partial charge on any atom is 0.369 e. The van der Waals surface area contributed by atoms with Crippen LogP contribution in [0.3, 0.4) is 0 Å². The van der Waals surface area contributed by atoms with Gasteiger partial charge in [0.15, 0.2) is 5.76 Å². The predicted molar refractivity (Wildman–Crippen MR) is 87.3 cm³/mol. The van der Waals surface area contributed by atoms with E-state index in [9.17, 15) is 17.6 Å². The molecule has 2 aliphatic rings. The first kappa shape index (κ1) is 19.3. The third kappa shape index (κ3) is 3.80. The van der Waals surface area contributed by atoms with Crippen LogP contribution in [0.2, 0.25) is 0 Å². The Hall–Kier alpha value is -1.00. The molecular formula is C19H28F4O. The summed E-state index contributed by atoms with van der Waals surface area (Å²) in [5.74, 6) is -9.24. The van der Waals surface area contributed by atoms with Crippen molar-refractivity contribution in [2.24, 2.45) is 11.8 Å². The van der Waals surface area contributed by atoms with Gasteiger partial charge in [0.2, 0.25) is 0 Å². The van der Waals surface area contributed by atoms with E-state index in [1.165, 1.54) is 25.8 Å². The summed E-state index contributed by atoms with van der Waals surface area (Å²) in [7, 11) is 0. The maximum atomic E-state index is 14.4. The fourth-order valence-corrected chi connectivity index (χ4v) is 3.84. The summed E-state index contributed by atoms with van der Waals surface area (Å²) in [5, 5.41) is 0. The first-order valence-electron chi connectivity index (χ1n) is 9.15. The predicted octanol–water partition coefficient (Wildman–Crippen LogP) is 6.50. The lowest BCUT2D eigenvalue weighted by molar-refractivity contribution is -0.189. The Bertz CT molecular complexity index is 474. The molecule has 0 atom stereocenters. The summed E-state index contributed by atoms with van der Waals surface area (Å²) >= 11 is 0. The highest BCUT2D eigenvalue weighted by Gasteiger charge is 2.64. The van der Waals surface area contributed by atoms with E-state index in [1.807, 2.05) is 0 Å². The van der Waals surface area contributed by atoms with Crippen molar-refractivity contribution in [3.05, 3.63) is 23.5 Å². The second-order valence-electron chi connectivity index (χ2n) is 6.95. The molecule has 0 spiro atoms. The zero-order valence-electron chi connectivity index (χ0n) is 14.6. The van der Waals surface area contributed by atoms with Gasteiger partial charge in [-0.15, -0.1) is 0 Å². The molecule has 0 aromatic heterocycles. The van der Waals surface area contributed by atoms with Crippen LogP contribution < -0.4 is 0 Å².